The average molecular weight is 407 g/mol. The number of benzene rings is 1. The second-order valence-electron chi connectivity index (χ2n) is 4.46. The fourth-order valence-corrected chi connectivity index (χ4v) is 3.43. The first-order valence-corrected chi connectivity index (χ1v) is 9.04. The maximum Gasteiger partial charge on any atom is 0.316 e. The highest BCUT2D eigenvalue weighted by Crippen LogP contribution is 2.32. The highest BCUT2D eigenvalue weighted by molar-refractivity contribution is 8.01. The van der Waals surface area contributed by atoms with Gasteiger partial charge in [-0.15, -0.1) is 10.2 Å². The van der Waals surface area contributed by atoms with Crippen LogP contribution in [0.25, 0.3) is 0 Å². The molecule has 3 N–H and O–H groups in total. The van der Waals surface area contributed by atoms with Crippen molar-refractivity contribution in [2.24, 2.45) is 0 Å². The van der Waals surface area contributed by atoms with Crippen molar-refractivity contribution in [3.05, 3.63) is 27.7 Å². The first-order valence-electron chi connectivity index (χ1n) is 6.48. The number of rotatable bonds is 6. The summed E-state index contributed by atoms with van der Waals surface area (Å²) in [6.45, 7) is 1.34. The summed E-state index contributed by atoms with van der Waals surface area (Å²) in [6, 6.07) is 3.35. The van der Waals surface area contributed by atoms with Crippen LogP contribution >= 0.6 is 46.3 Å². The van der Waals surface area contributed by atoms with Crippen molar-refractivity contribution in [1.82, 2.24) is 10.2 Å². The van der Waals surface area contributed by atoms with E-state index in [4.69, 9.17) is 33.7 Å². The van der Waals surface area contributed by atoms with Gasteiger partial charge in [-0.05, 0) is 18.6 Å². The van der Waals surface area contributed by atoms with Gasteiger partial charge in [0.05, 0.1) is 21.5 Å². The molecule has 0 aliphatic carbocycles. The van der Waals surface area contributed by atoms with Gasteiger partial charge in [0.2, 0.25) is 5.13 Å². The van der Waals surface area contributed by atoms with Gasteiger partial charge in [0.25, 0.3) is 5.91 Å². The average Bonchev–Trinajstić information content (AvgIpc) is 2.97. The molecule has 0 spiro atoms. The van der Waals surface area contributed by atoms with Crippen molar-refractivity contribution in [2.75, 3.05) is 23.4 Å². The number of nitrogen functional groups attached to an aromatic ring is 1. The Kier molecular flexibility index (Phi) is 6.67. The number of aryl methyl sites for hydroxylation is 1. The zero-order valence-electron chi connectivity index (χ0n) is 12.3. The Labute approximate surface area is 155 Å². The summed E-state index contributed by atoms with van der Waals surface area (Å²) in [6.07, 6.45) is 0. The smallest absolute Gasteiger partial charge is 0.316 e. The van der Waals surface area contributed by atoms with Gasteiger partial charge in [0.15, 0.2) is 10.9 Å². The molecule has 0 aliphatic heterocycles. The number of carbonyl (C=O) groups excluding carboxylic acids is 2. The molecular formula is C13H12Cl2N4O3S2. The second-order valence-corrected chi connectivity index (χ2v) is 7.47. The Morgan fingerprint density at radius 3 is 2.79 bits per heavy atom. The summed E-state index contributed by atoms with van der Waals surface area (Å²) in [4.78, 5) is 23.5. The maximum atomic E-state index is 11.9. The molecule has 0 atom stereocenters. The molecule has 2 aromatic rings. The third-order valence-corrected chi connectivity index (χ3v) is 5.31. The number of hydrogen-bond donors (Lipinski definition) is 2. The number of carbonyl (C=O) groups is 2. The predicted molar refractivity (Wildman–Crippen MR) is 95.8 cm³/mol. The van der Waals surface area contributed by atoms with Crippen molar-refractivity contribution < 1.29 is 14.3 Å². The number of nitrogens with one attached hydrogen (secondary N) is 1. The first kappa shape index (κ1) is 18.8. The van der Waals surface area contributed by atoms with Gasteiger partial charge in [-0.3, -0.25) is 9.59 Å². The summed E-state index contributed by atoms with van der Waals surface area (Å²) >= 11 is 14.4. The largest absolute Gasteiger partial charge is 0.455 e. The van der Waals surface area contributed by atoms with E-state index in [1.54, 1.807) is 19.1 Å². The number of aromatic nitrogens is 2. The number of ether oxygens (including phenoxy) is 1. The molecule has 1 aromatic heterocycles. The fraction of sp³-hybridized carbons (Fsp3) is 0.231. The fourth-order valence-electron chi connectivity index (χ4n) is 1.53. The van der Waals surface area contributed by atoms with Crippen molar-refractivity contribution in [2.45, 2.75) is 11.3 Å². The topological polar surface area (TPSA) is 107 Å². The molecule has 1 aromatic carbocycles. The van der Waals surface area contributed by atoms with Crippen LogP contribution in [0.1, 0.15) is 5.56 Å². The number of nitrogens with two attached hydrogens (primary N) is 1. The van der Waals surface area contributed by atoms with Crippen LogP contribution in [-0.4, -0.2) is 34.4 Å². The van der Waals surface area contributed by atoms with Crippen LogP contribution in [0.15, 0.2) is 16.5 Å². The van der Waals surface area contributed by atoms with Crippen LogP contribution < -0.4 is 11.1 Å². The summed E-state index contributed by atoms with van der Waals surface area (Å²) in [5.74, 6) is -1.11. The molecule has 7 nitrogen and oxygen atoms in total. The van der Waals surface area contributed by atoms with E-state index in [-0.39, 0.29) is 11.4 Å². The van der Waals surface area contributed by atoms with Crippen LogP contribution in [0.2, 0.25) is 10.0 Å². The van der Waals surface area contributed by atoms with Crippen molar-refractivity contribution in [3.63, 3.8) is 0 Å². The zero-order valence-corrected chi connectivity index (χ0v) is 15.5. The second kappa shape index (κ2) is 8.52. The quantitative estimate of drug-likeness (QED) is 0.560. The van der Waals surface area contributed by atoms with Gasteiger partial charge in [-0.25, -0.2) is 0 Å². The Morgan fingerprint density at radius 2 is 2.12 bits per heavy atom. The standard InChI is InChI=1S/C13H12Cl2N4O3S2/c1-6-2-3-7(14)11(10(6)15)17-8(20)4-22-9(21)5-23-13-19-18-12(16)24-13/h2-3H,4-5H2,1H3,(H2,16,18)(H,17,20). The lowest BCUT2D eigenvalue weighted by Gasteiger charge is -2.11. The number of nitrogens with zero attached hydrogens (tertiary/aromatic N) is 2. The van der Waals surface area contributed by atoms with Crippen LogP contribution in [0.5, 0.6) is 0 Å². The van der Waals surface area contributed by atoms with E-state index < -0.39 is 18.5 Å². The minimum absolute atomic E-state index is 0.00608. The predicted octanol–water partition coefficient (Wildman–Crippen LogP) is 3.01. The van der Waals surface area contributed by atoms with Gasteiger partial charge >= 0.3 is 5.97 Å². The Bertz CT molecular complexity index is 770. The molecule has 0 aliphatic rings. The summed E-state index contributed by atoms with van der Waals surface area (Å²) < 4.78 is 5.43. The van der Waals surface area contributed by atoms with Gasteiger partial charge < -0.3 is 15.8 Å². The molecule has 128 valence electrons. The number of hydrogen-bond acceptors (Lipinski definition) is 8. The number of halogens is 2. The third-order valence-electron chi connectivity index (χ3n) is 2.65. The molecule has 11 heteroatoms. The minimum Gasteiger partial charge on any atom is -0.455 e. The summed E-state index contributed by atoms with van der Waals surface area (Å²) in [5.41, 5.74) is 6.49. The summed E-state index contributed by atoms with van der Waals surface area (Å²) in [7, 11) is 0. The Balaban J connectivity index is 1.81. The number of esters is 1. The molecule has 1 heterocycles. The molecule has 0 bridgehead atoms. The van der Waals surface area contributed by atoms with Gasteiger partial charge in [0, 0.05) is 0 Å². The first-order chi connectivity index (χ1) is 11.4. The van der Waals surface area contributed by atoms with E-state index in [0.717, 1.165) is 28.7 Å². The third kappa shape index (κ3) is 5.23. The highest BCUT2D eigenvalue weighted by atomic mass is 35.5. The van der Waals surface area contributed by atoms with Gasteiger partial charge in [-0.2, -0.15) is 0 Å². The van der Waals surface area contributed by atoms with Gasteiger partial charge in [0.1, 0.15) is 0 Å². The monoisotopic (exact) mass is 406 g/mol. The van der Waals surface area contributed by atoms with E-state index in [1.807, 2.05) is 0 Å². The molecule has 0 unspecified atom stereocenters. The lowest BCUT2D eigenvalue weighted by atomic mass is 10.2. The molecule has 0 fully saturated rings. The van der Waals surface area contributed by atoms with Crippen LogP contribution in [0.4, 0.5) is 10.8 Å². The Morgan fingerprint density at radius 1 is 1.38 bits per heavy atom. The SMILES string of the molecule is Cc1ccc(Cl)c(NC(=O)COC(=O)CSc2nnc(N)s2)c1Cl. The lowest BCUT2D eigenvalue weighted by molar-refractivity contribution is -0.144. The van der Waals surface area contributed by atoms with Crippen LogP contribution in [0, 0.1) is 6.92 Å². The lowest BCUT2D eigenvalue weighted by Crippen LogP contribution is -2.22. The molecule has 0 radical (unpaired) electrons. The number of amides is 1. The molecule has 0 saturated heterocycles. The van der Waals surface area contributed by atoms with Crippen molar-refractivity contribution in [1.29, 1.82) is 0 Å². The molecule has 0 saturated carbocycles. The molecule has 24 heavy (non-hydrogen) atoms. The van der Waals surface area contributed by atoms with E-state index >= 15 is 0 Å². The van der Waals surface area contributed by atoms with Crippen LogP contribution in [-0.2, 0) is 14.3 Å². The molecular weight excluding hydrogens is 395 g/mol. The maximum absolute atomic E-state index is 11.9. The normalized spacial score (nSPS) is 10.5. The van der Waals surface area contributed by atoms with E-state index in [2.05, 4.69) is 15.5 Å². The van der Waals surface area contributed by atoms with Crippen molar-refractivity contribution in [3.8, 4) is 0 Å². The highest BCUT2D eigenvalue weighted by Gasteiger charge is 2.14. The van der Waals surface area contributed by atoms with E-state index in [0.29, 0.717) is 19.5 Å². The summed E-state index contributed by atoms with van der Waals surface area (Å²) in [5, 5.41) is 10.9. The number of anilines is 2. The van der Waals surface area contributed by atoms with E-state index in [9.17, 15) is 9.59 Å². The molecule has 1 amide bonds. The van der Waals surface area contributed by atoms with Gasteiger partial charge in [-0.1, -0.05) is 52.4 Å². The van der Waals surface area contributed by atoms with Crippen molar-refractivity contribution >= 4 is 69.0 Å². The zero-order chi connectivity index (χ0) is 17.7. The van der Waals surface area contributed by atoms with Crippen LogP contribution in [0.3, 0.4) is 0 Å². The number of thioether (sulfide) groups is 1. The Hall–Kier alpha value is -1.55. The minimum atomic E-state index is -0.564. The van der Waals surface area contributed by atoms with E-state index in [1.165, 1.54) is 0 Å². The molecule has 2 rings (SSSR count).